The smallest absolute Gasteiger partial charge is 0.376 e. The molecule has 0 aromatic heterocycles. The van der Waals surface area contributed by atoms with Gasteiger partial charge in [-0.2, -0.15) is 0 Å². The Morgan fingerprint density at radius 2 is 1.80 bits per heavy atom. The molecular formula is C17H17NO7. The van der Waals surface area contributed by atoms with Crippen molar-refractivity contribution in [1.29, 1.82) is 0 Å². The lowest BCUT2D eigenvalue weighted by Crippen LogP contribution is -2.60. The molecule has 1 fully saturated rings. The van der Waals surface area contributed by atoms with E-state index in [2.05, 4.69) is 0 Å². The number of ether oxygens (including phenoxy) is 3. The topological polar surface area (TPSA) is 91.4 Å². The van der Waals surface area contributed by atoms with E-state index in [-0.39, 0.29) is 17.9 Å². The first kappa shape index (κ1) is 17.0. The monoisotopic (exact) mass is 347 g/mol. The Hall–Kier alpha value is -2.87. The fourth-order valence-electron chi connectivity index (χ4n) is 3.11. The van der Waals surface area contributed by atoms with Gasteiger partial charge in [-0.25, -0.2) is 14.4 Å². The van der Waals surface area contributed by atoms with E-state index in [9.17, 15) is 14.4 Å². The molecule has 2 atom stereocenters. The highest BCUT2D eigenvalue weighted by Crippen LogP contribution is 2.48. The van der Waals surface area contributed by atoms with E-state index >= 15 is 0 Å². The summed E-state index contributed by atoms with van der Waals surface area (Å²) in [5.41, 5.74) is -1.58. The van der Waals surface area contributed by atoms with Crippen molar-refractivity contribution in [2.24, 2.45) is 0 Å². The summed E-state index contributed by atoms with van der Waals surface area (Å²) >= 11 is 0. The molecule has 0 aliphatic carbocycles. The van der Waals surface area contributed by atoms with E-state index in [1.807, 2.05) is 0 Å². The number of esters is 3. The fourth-order valence-corrected chi connectivity index (χ4v) is 3.11. The Balaban J connectivity index is 2.34. The van der Waals surface area contributed by atoms with Crippen molar-refractivity contribution in [3.63, 3.8) is 0 Å². The number of hydroxylamine groups is 2. The molecule has 1 saturated heterocycles. The third-order valence-electron chi connectivity index (χ3n) is 4.21. The predicted molar refractivity (Wildman–Crippen MR) is 82.5 cm³/mol. The number of morpholine rings is 1. The summed E-state index contributed by atoms with van der Waals surface area (Å²) in [5, 5.41) is 1.30. The minimum atomic E-state index is -1.74. The van der Waals surface area contributed by atoms with Gasteiger partial charge in [-0.3, -0.25) is 0 Å². The van der Waals surface area contributed by atoms with Gasteiger partial charge in [-0.15, -0.1) is 5.06 Å². The highest BCUT2D eigenvalue weighted by atomic mass is 16.7. The molecule has 1 aromatic carbocycles. The Morgan fingerprint density at radius 3 is 2.40 bits per heavy atom. The van der Waals surface area contributed by atoms with Crippen LogP contribution in [-0.2, 0) is 39.0 Å². The second-order valence-corrected chi connectivity index (χ2v) is 5.63. The molecule has 2 aliphatic rings. The van der Waals surface area contributed by atoms with Crippen LogP contribution in [0.25, 0.3) is 0 Å². The summed E-state index contributed by atoms with van der Waals surface area (Å²) < 4.78 is 14.8. The minimum Gasteiger partial charge on any atom is -0.465 e. The molecule has 8 nitrogen and oxygen atoms in total. The van der Waals surface area contributed by atoms with Gasteiger partial charge in [-0.05, 0) is 12.5 Å². The second kappa shape index (κ2) is 6.21. The average Bonchev–Trinajstić information content (AvgIpc) is 3.02. The summed E-state index contributed by atoms with van der Waals surface area (Å²) in [4.78, 5) is 43.2. The first-order chi connectivity index (χ1) is 12.0. The van der Waals surface area contributed by atoms with E-state index in [4.69, 9.17) is 19.0 Å². The van der Waals surface area contributed by atoms with E-state index in [1.54, 1.807) is 37.3 Å². The van der Waals surface area contributed by atoms with Gasteiger partial charge in [0.15, 0.2) is 0 Å². The Bertz CT molecular complexity index is 758. The molecule has 0 N–H and O–H groups in total. The van der Waals surface area contributed by atoms with Crippen molar-refractivity contribution < 1.29 is 33.4 Å². The molecule has 0 bridgehead atoms. The number of hydrogen-bond donors (Lipinski definition) is 0. The van der Waals surface area contributed by atoms with Gasteiger partial charge >= 0.3 is 17.9 Å². The maximum absolute atomic E-state index is 12.9. The van der Waals surface area contributed by atoms with Gasteiger partial charge in [0.25, 0.3) is 0 Å². The maximum Gasteiger partial charge on any atom is 0.376 e. The van der Waals surface area contributed by atoms with E-state index in [0.29, 0.717) is 5.56 Å². The molecule has 0 radical (unpaired) electrons. The number of nitrogens with zero attached hydrogens (tertiary/aromatic N) is 1. The second-order valence-electron chi connectivity index (χ2n) is 5.63. The zero-order chi connectivity index (χ0) is 18.2. The van der Waals surface area contributed by atoms with Crippen LogP contribution in [0, 0.1) is 0 Å². The molecule has 0 spiro atoms. The van der Waals surface area contributed by atoms with Crippen LogP contribution in [0.1, 0.15) is 12.5 Å². The zero-order valence-electron chi connectivity index (χ0n) is 14.0. The molecule has 2 heterocycles. The summed E-state index contributed by atoms with van der Waals surface area (Å²) in [6.45, 7) is 1.80. The van der Waals surface area contributed by atoms with Crippen LogP contribution in [0.4, 0.5) is 0 Å². The SMILES string of the molecule is COC(=O)C1=C(C(=O)OC)[C@@]2(c3ccccc3)C(=O)OC[C@H](C)N2O1. The Morgan fingerprint density at radius 1 is 1.16 bits per heavy atom. The van der Waals surface area contributed by atoms with Crippen molar-refractivity contribution in [2.45, 2.75) is 18.5 Å². The molecule has 132 valence electrons. The summed E-state index contributed by atoms with van der Waals surface area (Å²) in [5.74, 6) is -2.87. The number of carbonyl (C=O) groups excluding carboxylic acids is 3. The van der Waals surface area contributed by atoms with Crippen LogP contribution in [0.2, 0.25) is 0 Å². The number of carbonyl (C=O) groups is 3. The van der Waals surface area contributed by atoms with Gasteiger partial charge in [0.1, 0.15) is 12.2 Å². The van der Waals surface area contributed by atoms with Crippen molar-refractivity contribution in [3.8, 4) is 0 Å². The standard InChI is InChI=1S/C17H17NO7/c1-10-9-24-16(21)17(11-7-5-4-6-8-11)12(14(19)22-2)13(15(20)23-3)25-18(10)17/h4-8,10H,9H2,1-3H3/t10-,17-/m0/s1. The summed E-state index contributed by atoms with van der Waals surface area (Å²) in [6, 6.07) is 8.07. The van der Waals surface area contributed by atoms with Gasteiger partial charge in [-0.1, -0.05) is 30.3 Å². The van der Waals surface area contributed by atoms with Gasteiger partial charge in [0, 0.05) is 0 Å². The van der Waals surface area contributed by atoms with Crippen LogP contribution < -0.4 is 0 Å². The minimum absolute atomic E-state index is 0.0519. The van der Waals surface area contributed by atoms with Crippen molar-refractivity contribution >= 4 is 17.9 Å². The van der Waals surface area contributed by atoms with E-state index in [1.165, 1.54) is 5.06 Å². The highest BCUT2D eigenvalue weighted by Gasteiger charge is 2.65. The van der Waals surface area contributed by atoms with Crippen LogP contribution in [0.3, 0.4) is 0 Å². The molecule has 1 aromatic rings. The normalized spacial score (nSPS) is 25.7. The van der Waals surface area contributed by atoms with E-state index < -0.39 is 29.5 Å². The lowest BCUT2D eigenvalue weighted by atomic mass is 9.80. The Labute approximate surface area is 143 Å². The first-order valence-corrected chi connectivity index (χ1v) is 7.59. The quantitative estimate of drug-likeness (QED) is 0.582. The Kier molecular flexibility index (Phi) is 4.22. The number of rotatable bonds is 3. The van der Waals surface area contributed by atoms with Crippen molar-refractivity contribution in [2.75, 3.05) is 20.8 Å². The lowest BCUT2D eigenvalue weighted by molar-refractivity contribution is -0.235. The molecule has 0 saturated carbocycles. The van der Waals surface area contributed by atoms with Gasteiger partial charge < -0.3 is 19.0 Å². The molecule has 8 heteroatoms. The van der Waals surface area contributed by atoms with Crippen LogP contribution in [-0.4, -0.2) is 49.8 Å². The largest absolute Gasteiger partial charge is 0.465 e. The van der Waals surface area contributed by atoms with Gasteiger partial charge in [0.05, 0.1) is 20.3 Å². The predicted octanol–water partition coefficient (Wildman–Crippen LogP) is 0.674. The molecular weight excluding hydrogens is 330 g/mol. The number of fused-ring (bicyclic) bond motifs is 1. The molecule has 2 aliphatic heterocycles. The first-order valence-electron chi connectivity index (χ1n) is 7.59. The number of cyclic esters (lactones) is 1. The van der Waals surface area contributed by atoms with Crippen molar-refractivity contribution in [3.05, 3.63) is 47.2 Å². The van der Waals surface area contributed by atoms with Crippen LogP contribution in [0.5, 0.6) is 0 Å². The van der Waals surface area contributed by atoms with Crippen LogP contribution >= 0.6 is 0 Å². The maximum atomic E-state index is 12.9. The molecule has 25 heavy (non-hydrogen) atoms. The molecule has 3 rings (SSSR count). The lowest BCUT2D eigenvalue weighted by Gasteiger charge is -2.42. The third-order valence-corrected chi connectivity index (χ3v) is 4.21. The van der Waals surface area contributed by atoms with Crippen molar-refractivity contribution in [1.82, 2.24) is 5.06 Å². The van der Waals surface area contributed by atoms with Gasteiger partial charge in [0.2, 0.25) is 11.3 Å². The summed E-state index contributed by atoms with van der Waals surface area (Å²) in [6.07, 6.45) is 0. The fraction of sp³-hybridized carbons (Fsp3) is 0.353. The van der Waals surface area contributed by atoms with Crippen LogP contribution in [0.15, 0.2) is 41.7 Å². The summed E-state index contributed by atoms with van der Waals surface area (Å²) in [7, 11) is 2.31. The number of methoxy groups -OCH3 is 2. The third kappa shape index (κ3) is 2.29. The number of benzene rings is 1. The highest BCUT2D eigenvalue weighted by molar-refractivity contribution is 6.08. The molecule has 0 amide bonds. The average molecular weight is 347 g/mol. The number of hydrogen-bond acceptors (Lipinski definition) is 8. The zero-order valence-corrected chi connectivity index (χ0v) is 14.0. The molecule has 0 unspecified atom stereocenters. The van der Waals surface area contributed by atoms with E-state index in [0.717, 1.165) is 14.2 Å².